The average molecular weight is 238 g/mol. The van der Waals surface area contributed by atoms with E-state index in [1.165, 1.54) is 18.5 Å². The molecule has 0 aliphatic rings. The van der Waals surface area contributed by atoms with E-state index >= 15 is 0 Å². The fourth-order valence-corrected chi connectivity index (χ4v) is 1.53. The Labute approximate surface area is 95.9 Å². The Kier molecular flexibility index (Phi) is 2.75. The zero-order valence-corrected chi connectivity index (χ0v) is 8.70. The first-order chi connectivity index (χ1) is 7.98. The standard InChI is InChI=1S/C12H9F3N2/c13-12(14,15)9-3-1-2-8(6-9)10-4-5-17-7-11(10)16/h1-7H,16H2. The number of pyridine rings is 1. The van der Waals surface area contributed by atoms with E-state index in [9.17, 15) is 13.2 Å². The fraction of sp³-hybridized carbons (Fsp3) is 0.0833. The highest BCUT2D eigenvalue weighted by molar-refractivity contribution is 5.75. The Bertz CT molecular complexity index is 535. The highest BCUT2D eigenvalue weighted by Gasteiger charge is 2.30. The van der Waals surface area contributed by atoms with Crippen LogP contribution in [0.15, 0.2) is 42.7 Å². The van der Waals surface area contributed by atoms with Crippen molar-refractivity contribution in [2.24, 2.45) is 0 Å². The van der Waals surface area contributed by atoms with Gasteiger partial charge in [0.05, 0.1) is 17.4 Å². The molecule has 0 fully saturated rings. The number of hydrogen-bond acceptors (Lipinski definition) is 2. The molecule has 0 saturated heterocycles. The SMILES string of the molecule is Nc1cnccc1-c1cccc(C(F)(F)F)c1. The highest BCUT2D eigenvalue weighted by Crippen LogP contribution is 2.33. The number of halogens is 3. The van der Waals surface area contributed by atoms with Gasteiger partial charge in [-0.3, -0.25) is 4.98 Å². The number of benzene rings is 1. The molecule has 88 valence electrons. The molecule has 0 amide bonds. The summed E-state index contributed by atoms with van der Waals surface area (Å²) in [5.41, 5.74) is 6.31. The van der Waals surface area contributed by atoms with Gasteiger partial charge in [-0.25, -0.2) is 0 Å². The smallest absolute Gasteiger partial charge is 0.397 e. The lowest BCUT2D eigenvalue weighted by molar-refractivity contribution is -0.137. The average Bonchev–Trinajstić information content (AvgIpc) is 2.29. The van der Waals surface area contributed by atoms with Crippen LogP contribution in [-0.2, 0) is 6.18 Å². The van der Waals surface area contributed by atoms with Gasteiger partial charge in [0, 0.05) is 11.8 Å². The zero-order chi connectivity index (χ0) is 12.5. The van der Waals surface area contributed by atoms with Crippen LogP contribution in [0.4, 0.5) is 18.9 Å². The predicted octanol–water partition coefficient (Wildman–Crippen LogP) is 3.35. The number of hydrogen-bond donors (Lipinski definition) is 1. The molecule has 2 nitrogen and oxygen atoms in total. The fourth-order valence-electron chi connectivity index (χ4n) is 1.53. The minimum absolute atomic E-state index is 0.354. The van der Waals surface area contributed by atoms with Gasteiger partial charge < -0.3 is 5.73 Å². The van der Waals surface area contributed by atoms with E-state index in [4.69, 9.17) is 5.73 Å². The Morgan fingerprint density at radius 3 is 2.53 bits per heavy atom. The van der Waals surface area contributed by atoms with E-state index < -0.39 is 11.7 Å². The van der Waals surface area contributed by atoms with E-state index in [2.05, 4.69) is 4.98 Å². The lowest BCUT2D eigenvalue weighted by Gasteiger charge is -2.09. The summed E-state index contributed by atoms with van der Waals surface area (Å²) in [5.74, 6) is 0. The predicted molar refractivity (Wildman–Crippen MR) is 59.1 cm³/mol. The lowest BCUT2D eigenvalue weighted by Crippen LogP contribution is -2.04. The van der Waals surface area contributed by atoms with Gasteiger partial charge in [-0.05, 0) is 23.8 Å². The van der Waals surface area contributed by atoms with Gasteiger partial charge in [0.2, 0.25) is 0 Å². The van der Waals surface area contributed by atoms with Gasteiger partial charge >= 0.3 is 6.18 Å². The van der Waals surface area contributed by atoms with Crippen molar-refractivity contribution in [2.75, 3.05) is 5.73 Å². The molecule has 0 radical (unpaired) electrons. The van der Waals surface area contributed by atoms with Crippen molar-refractivity contribution in [3.8, 4) is 11.1 Å². The molecule has 1 aromatic carbocycles. The Morgan fingerprint density at radius 2 is 1.88 bits per heavy atom. The summed E-state index contributed by atoms with van der Waals surface area (Å²) in [5, 5.41) is 0. The van der Waals surface area contributed by atoms with Crippen molar-refractivity contribution in [3.63, 3.8) is 0 Å². The summed E-state index contributed by atoms with van der Waals surface area (Å²) >= 11 is 0. The molecule has 0 aliphatic heterocycles. The van der Waals surface area contributed by atoms with Gasteiger partial charge in [-0.15, -0.1) is 0 Å². The molecule has 1 heterocycles. The Hall–Kier alpha value is -2.04. The Morgan fingerprint density at radius 1 is 1.12 bits per heavy atom. The first kappa shape index (κ1) is 11.4. The zero-order valence-electron chi connectivity index (χ0n) is 8.70. The molecule has 0 unspecified atom stereocenters. The summed E-state index contributed by atoms with van der Waals surface area (Å²) in [6.45, 7) is 0. The van der Waals surface area contributed by atoms with Crippen molar-refractivity contribution in [1.82, 2.24) is 4.98 Å². The second-order valence-electron chi connectivity index (χ2n) is 3.54. The lowest BCUT2D eigenvalue weighted by atomic mass is 10.0. The molecule has 0 atom stereocenters. The first-order valence-electron chi connectivity index (χ1n) is 4.85. The molecular weight excluding hydrogens is 229 g/mol. The Balaban J connectivity index is 2.51. The number of anilines is 1. The van der Waals surface area contributed by atoms with Gasteiger partial charge in [-0.2, -0.15) is 13.2 Å². The number of rotatable bonds is 1. The summed E-state index contributed by atoms with van der Waals surface area (Å²) in [7, 11) is 0. The van der Waals surface area contributed by atoms with Crippen LogP contribution in [0.2, 0.25) is 0 Å². The summed E-state index contributed by atoms with van der Waals surface area (Å²) in [6.07, 6.45) is -1.45. The molecule has 0 aliphatic carbocycles. The van der Waals surface area contributed by atoms with Crippen molar-refractivity contribution < 1.29 is 13.2 Å². The molecule has 2 rings (SSSR count). The molecule has 17 heavy (non-hydrogen) atoms. The van der Waals surface area contributed by atoms with Crippen LogP contribution < -0.4 is 5.73 Å². The third kappa shape index (κ3) is 2.38. The van der Waals surface area contributed by atoms with Crippen molar-refractivity contribution in [2.45, 2.75) is 6.18 Å². The molecule has 2 N–H and O–H groups in total. The van der Waals surface area contributed by atoms with Crippen LogP contribution in [0, 0.1) is 0 Å². The van der Waals surface area contributed by atoms with Crippen molar-refractivity contribution in [1.29, 1.82) is 0 Å². The molecule has 0 saturated carbocycles. The van der Waals surface area contributed by atoms with E-state index in [0.717, 1.165) is 12.1 Å². The largest absolute Gasteiger partial charge is 0.416 e. The van der Waals surface area contributed by atoms with Crippen LogP contribution in [0.5, 0.6) is 0 Å². The second kappa shape index (κ2) is 4.08. The summed E-state index contributed by atoms with van der Waals surface area (Å²) in [6, 6.07) is 6.64. The quantitative estimate of drug-likeness (QED) is 0.827. The highest BCUT2D eigenvalue weighted by atomic mass is 19.4. The first-order valence-corrected chi connectivity index (χ1v) is 4.85. The third-order valence-corrected chi connectivity index (χ3v) is 2.35. The van der Waals surface area contributed by atoms with E-state index in [0.29, 0.717) is 16.8 Å². The van der Waals surface area contributed by atoms with Gasteiger partial charge in [0.15, 0.2) is 0 Å². The monoisotopic (exact) mass is 238 g/mol. The molecule has 0 bridgehead atoms. The van der Waals surface area contributed by atoms with Gasteiger partial charge in [0.25, 0.3) is 0 Å². The molecule has 2 aromatic rings. The van der Waals surface area contributed by atoms with Crippen LogP contribution in [-0.4, -0.2) is 4.98 Å². The van der Waals surface area contributed by atoms with E-state index in [1.54, 1.807) is 12.1 Å². The van der Waals surface area contributed by atoms with Crippen molar-refractivity contribution in [3.05, 3.63) is 48.3 Å². The second-order valence-corrected chi connectivity index (χ2v) is 3.54. The van der Waals surface area contributed by atoms with Gasteiger partial charge in [0.1, 0.15) is 0 Å². The van der Waals surface area contributed by atoms with Crippen LogP contribution in [0.1, 0.15) is 5.56 Å². The van der Waals surface area contributed by atoms with Gasteiger partial charge in [-0.1, -0.05) is 12.1 Å². The number of nitrogens with two attached hydrogens (primary N) is 1. The maximum Gasteiger partial charge on any atom is 0.416 e. The number of nitrogens with zero attached hydrogens (tertiary/aromatic N) is 1. The normalized spacial score (nSPS) is 11.5. The molecular formula is C12H9F3N2. The van der Waals surface area contributed by atoms with Crippen molar-refractivity contribution >= 4 is 5.69 Å². The van der Waals surface area contributed by atoms with Crippen LogP contribution in [0.25, 0.3) is 11.1 Å². The third-order valence-electron chi connectivity index (χ3n) is 2.35. The maximum absolute atomic E-state index is 12.5. The number of aromatic nitrogens is 1. The summed E-state index contributed by atoms with van der Waals surface area (Å²) in [4.78, 5) is 3.79. The number of alkyl halides is 3. The maximum atomic E-state index is 12.5. The number of nitrogen functional groups attached to an aromatic ring is 1. The minimum Gasteiger partial charge on any atom is -0.397 e. The van der Waals surface area contributed by atoms with E-state index in [-0.39, 0.29) is 0 Å². The topological polar surface area (TPSA) is 38.9 Å². The summed E-state index contributed by atoms with van der Waals surface area (Å²) < 4.78 is 37.6. The molecule has 5 heteroatoms. The van der Waals surface area contributed by atoms with E-state index in [1.807, 2.05) is 0 Å². The molecule has 1 aromatic heterocycles. The van der Waals surface area contributed by atoms with Crippen LogP contribution >= 0.6 is 0 Å². The van der Waals surface area contributed by atoms with Crippen LogP contribution in [0.3, 0.4) is 0 Å². The molecule has 0 spiro atoms. The minimum atomic E-state index is -4.35.